The van der Waals surface area contributed by atoms with Gasteiger partial charge in [0.2, 0.25) is 0 Å². The van der Waals surface area contributed by atoms with Crippen molar-refractivity contribution in [2.45, 2.75) is 197 Å². The highest BCUT2D eigenvalue weighted by Crippen LogP contribution is 2.47. The van der Waals surface area contributed by atoms with E-state index in [0.717, 1.165) is 18.4 Å². The molecule has 0 radical (unpaired) electrons. The summed E-state index contributed by atoms with van der Waals surface area (Å²) >= 11 is 0. The van der Waals surface area contributed by atoms with Crippen molar-refractivity contribution >= 4 is 5.97 Å². The first-order valence-corrected chi connectivity index (χ1v) is 22.3. The van der Waals surface area contributed by atoms with Gasteiger partial charge in [-0.3, -0.25) is 4.79 Å². The Labute approximate surface area is 355 Å². The Kier molecular flexibility index (Phi) is 14.5. The zero-order chi connectivity index (χ0) is 43.1. The molecule has 14 nitrogen and oxygen atoms in total. The highest BCUT2D eigenvalue weighted by atomic mass is 16.7. The minimum Gasteiger partial charge on any atom is -0.462 e. The van der Waals surface area contributed by atoms with E-state index < -0.39 is 90.8 Å². The first-order chi connectivity index (χ1) is 28.6. The molecule has 0 aromatic heterocycles. The molecule has 7 rings (SSSR count). The lowest BCUT2D eigenvalue weighted by Crippen LogP contribution is -2.58. The lowest BCUT2D eigenvalue weighted by atomic mass is 9.71. The first-order valence-electron chi connectivity index (χ1n) is 22.3. The van der Waals surface area contributed by atoms with Gasteiger partial charge < -0.3 is 62.7 Å². The molecule has 0 saturated carbocycles. The average molecular weight is 847 g/mol. The molecular formula is C46H70O14. The van der Waals surface area contributed by atoms with Crippen LogP contribution in [0.2, 0.25) is 0 Å². The molecule has 3 N–H and O–H groups in total. The summed E-state index contributed by atoms with van der Waals surface area (Å²) < 4.78 is 63.5. The van der Waals surface area contributed by atoms with E-state index in [9.17, 15) is 20.1 Å². The topological polar surface area (TPSA) is 170 Å². The predicted molar refractivity (Wildman–Crippen MR) is 218 cm³/mol. The van der Waals surface area contributed by atoms with Crippen LogP contribution in [0.3, 0.4) is 0 Å². The van der Waals surface area contributed by atoms with Crippen LogP contribution in [0.1, 0.15) is 99.8 Å². The van der Waals surface area contributed by atoms with E-state index in [0.29, 0.717) is 55.6 Å². The van der Waals surface area contributed by atoms with Crippen molar-refractivity contribution in [2.75, 3.05) is 20.8 Å². The zero-order valence-electron chi connectivity index (χ0n) is 36.9. The Bertz CT molecular complexity index is 1630. The van der Waals surface area contributed by atoms with Crippen LogP contribution in [0.4, 0.5) is 0 Å². The van der Waals surface area contributed by atoms with Gasteiger partial charge >= 0.3 is 5.97 Å². The van der Waals surface area contributed by atoms with Gasteiger partial charge in [0.05, 0.1) is 49.3 Å². The van der Waals surface area contributed by atoms with Gasteiger partial charge in [0.1, 0.15) is 42.0 Å². The number of ether oxygens (including phenoxy) is 10. The second-order valence-electron chi connectivity index (χ2n) is 18.4. The smallest absolute Gasteiger partial charge is 0.316 e. The van der Waals surface area contributed by atoms with E-state index in [2.05, 4.69) is 26.8 Å². The number of hydrogen-bond donors (Lipinski definition) is 3. The van der Waals surface area contributed by atoms with Crippen LogP contribution in [0.15, 0.2) is 47.1 Å². The van der Waals surface area contributed by atoms with Crippen LogP contribution in [-0.4, -0.2) is 139 Å². The molecule has 338 valence electrons. The number of hydrogen-bond acceptors (Lipinski definition) is 14. The molecule has 0 amide bonds. The summed E-state index contributed by atoms with van der Waals surface area (Å²) in [6, 6.07) is 0. The summed E-state index contributed by atoms with van der Waals surface area (Å²) in [5, 5.41) is 34.1. The van der Waals surface area contributed by atoms with Gasteiger partial charge in [-0.15, -0.1) is 0 Å². The highest BCUT2D eigenvalue weighted by Gasteiger charge is 2.60. The number of methoxy groups -OCH3 is 2. The van der Waals surface area contributed by atoms with E-state index >= 15 is 0 Å². The van der Waals surface area contributed by atoms with Gasteiger partial charge in [-0.2, -0.15) is 0 Å². The van der Waals surface area contributed by atoms with E-state index in [1.807, 2.05) is 26.0 Å². The van der Waals surface area contributed by atoms with Crippen molar-refractivity contribution in [3.05, 3.63) is 47.1 Å². The lowest BCUT2D eigenvalue weighted by Gasteiger charge is -2.50. The van der Waals surface area contributed by atoms with E-state index in [1.54, 1.807) is 40.2 Å². The summed E-state index contributed by atoms with van der Waals surface area (Å²) in [4.78, 5) is 14.3. The number of allylic oxidation sites excluding steroid dienone is 2. The molecule has 19 atom stereocenters. The lowest BCUT2D eigenvalue weighted by molar-refractivity contribution is -0.335. The third kappa shape index (κ3) is 9.28. The van der Waals surface area contributed by atoms with Crippen molar-refractivity contribution in [3.8, 4) is 0 Å². The van der Waals surface area contributed by atoms with E-state index in [-0.39, 0.29) is 30.8 Å². The van der Waals surface area contributed by atoms with Gasteiger partial charge in [-0.05, 0) is 69.6 Å². The summed E-state index contributed by atoms with van der Waals surface area (Å²) in [7, 11) is 3.22. The first kappa shape index (κ1) is 46.0. The SMILES string of the molecule is CC[C@H]1O[C@]2(CC[C@@H]1C)C[C@@H]1C[C@@H](C/C=C(\C)[C@@H](O[C@H]3C[C@H](OC)[C@@H](O[C@H]4C[C@H](OC)[C@@H](O)[C@H](C)O4)[C@H](C)O3)[C@@H](C)/C=C/C=C3\CO[C@@H]4[C@H](O)C(C)=C[C@@H](C(=O)O1)[C@]34O)O2. The summed E-state index contributed by atoms with van der Waals surface area (Å²) in [5.74, 6) is -2.37. The van der Waals surface area contributed by atoms with E-state index in [4.69, 9.17) is 47.4 Å². The third-order valence-corrected chi connectivity index (χ3v) is 14.2. The number of aliphatic hydroxyl groups is 3. The fourth-order valence-electron chi connectivity index (χ4n) is 10.6. The molecule has 0 aromatic rings. The monoisotopic (exact) mass is 846 g/mol. The van der Waals surface area contributed by atoms with Gasteiger partial charge in [0, 0.05) is 52.2 Å². The molecule has 6 heterocycles. The summed E-state index contributed by atoms with van der Waals surface area (Å²) in [5.41, 5.74) is 0.192. The van der Waals surface area contributed by atoms with Crippen molar-refractivity contribution < 1.29 is 67.5 Å². The molecular weight excluding hydrogens is 776 g/mol. The molecule has 0 aromatic carbocycles. The molecule has 5 fully saturated rings. The largest absolute Gasteiger partial charge is 0.462 e. The van der Waals surface area contributed by atoms with Crippen LogP contribution in [-0.2, 0) is 52.2 Å². The molecule has 1 aliphatic carbocycles. The van der Waals surface area contributed by atoms with Gasteiger partial charge in [-0.25, -0.2) is 0 Å². The van der Waals surface area contributed by atoms with Gasteiger partial charge in [-0.1, -0.05) is 51.2 Å². The number of carbonyl (C=O) groups is 1. The fraction of sp³-hybridized carbons (Fsp3) is 0.804. The molecule has 14 heteroatoms. The standard InChI is InChI=1S/C46H70O14/c1-10-34-24(2)16-17-45(60-34)22-32-19-31(59-45)15-14-26(4)41(25(3)12-11-13-30-23-53-43-39(47)27(5)18-33(44(49)56-32)46(30,43)50)57-38-21-36(52-9)42(29(7)55-38)58-37-20-35(51-8)40(48)28(6)54-37/h11-14,18,24-25,28-29,31-43,47-48,50H,10,15-17,19-23H2,1-9H3/b12-11+,26-14+,30-13+/t24-,25-,28-,29-,31+,32-,33-,34+,35-,36-,37-,38-,39+,40-,41-,42-,43+,45+,46+/m0/s1. The molecule has 60 heavy (non-hydrogen) atoms. The number of carbonyl (C=O) groups excluding carboxylic acids is 1. The number of aliphatic hydroxyl groups excluding tert-OH is 2. The Hall–Kier alpha value is -2.05. The normalized spacial score (nSPS) is 50.1. The minimum atomic E-state index is -1.82. The quantitative estimate of drug-likeness (QED) is 0.232. The third-order valence-electron chi connectivity index (χ3n) is 14.2. The van der Waals surface area contributed by atoms with Gasteiger partial charge in [0.15, 0.2) is 18.4 Å². The van der Waals surface area contributed by atoms with Crippen molar-refractivity contribution in [3.63, 3.8) is 0 Å². The van der Waals surface area contributed by atoms with Crippen LogP contribution < -0.4 is 0 Å². The fourth-order valence-corrected chi connectivity index (χ4v) is 10.6. The maximum Gasteiger partial charge on any atom is 0.316 e. The van der Waals surface area contributed by atoms with Crippen molar-refractivity contribution in [1.82, 2.24) is 0 Å². The Balaban J connectivity index is 1.17. The Morgan fingerprint density at radius 1 is 0.900 bits per heavy atom. The second-order valence-corrected chi connectivity index (χ2v) is 18.4. The number of fused-ring (bicyclic) bond motifs is 2. The molecule has 2 bridgehead atoms. The molecule has 6 aliphatic heterocycles. The summed E-state index contributed by atoms with van der Waals surface area (Å²) in [6.07, 6.45) is 6.46. The average Bonchev–Trinajstić information content (AvgIpc) is 3.56. The molecule has 1 spiro atoms. The summed E-state index contributed by atoms with van der Waals surface area (Å²) in [6.45, 7) is 14.0. The van der Waals surface area contributed by atoms with Crippen LogP contribution in [0.25, 0.3) is 0 Å². The Morgan fingerprint density at radius 2 is 1.62 bits per heavy atom. The van der Waals surface area contributed by atoms with Gasteiger partial charge in [0.25, 0.3) is 0 Å². The molecule has 7 aliphatic rings. The molecule has 5 saturated heterocycles. The predicted octanol–water partition coefficient (Wildman–Crippen LogP) is 4.97. The van der Waals surface area contributed by atoms with Crippen molar-refractivity contribution in [2.24, 2.45) is 17.8 Å². The number of rotatable bonds is 7. The Morgan fingerprint density at radius 3 is 2.35 bits per heavy atom. The van der Waals surface area contributed by atoms with Crippen LogP contribution in [0.5, 0.6) is 0 Å². The second kappa shape index (κ2) is 19.0. The maximum atomic E-state index is 14.3. The van der Waals surface area contributed by atoms with Crippen LogP contribution in [0, 0.1) is 17.8 Å². The molecule has 0 unspecified atom stereocenters. The maximum absolute atomic E-state index is 14.3. The van der Waals surface area contributed by atoms with Crippen molar-refractivity contribution in [1.29, 1.82) is 0 Å². The van der Waals surface area contributed by atoms with E-state index in [1.165, 1.54) is 0 Å². The number of esters is 1. The zero-order valence-corrected chi connectivity index (χ0v) is 36.9. The van der Waals surface area contributed by atoms with Crippen LogP contribution >= 0.6 is 0 Å². The minimum absolute atomic E-state index is 0.0114. The highest BCUT2D eigenvalue weighted by molar-refractivity contribution is 5.78.